The summed E-state index contributed by atoms with van der Waals surface area (Å²) in [5.74, 6) is 0.0199. The highest BCUT2D eigenvalue weighted by molar-refractivity contribution is 6.00. The lowest BCUT2D eigenvalue weighted by Gasteiger charge is -2.41. The van der Waals surface area contributed by atoms with Crippen molar-refractivity contribution >= 4 is 67.1 Å². The summed E-state index contributed by atoms with van der Waals surface area (Å²) in [5, 5.41) is 3.74. The summed E-state index contributed by atoms with van der Waals surface area (Å²) in [5.41, 5.74) is 13.8. The van der Waals surface area contributed by atoms with Gasteiger partial charge < -0.3 is 28.4 Å². The molecule has 0 spiro atoms. The van der Waals surface area contributed by atoms with E-state index in [1.54, 1.807) is 0 Å². The third-order valence-corrected chi connectivity index (χ3v) is 17.8. The Labute approximate surface area is 424 Å². The number of benzene rings is 3. The molecule has 12 heteroatoms. The number of nitrogens with zero attached hydrogens (tertiary/aromatic N) is 9. The van der Waals surface area contributed by atoms with Gasteiger partial charge in [0.2, 0.25) is 17.7 Å². The van der Waals surface area contributed by atoms with Crippen molar-refractivity contribution in [1.29, 1.82) is 0 Å². The molecule has 9 heterocycles. The maximum Gasteiger partial charge on any atom is 0.230 e. The third kappa shape index (κ3) is 7.53. The minimum Gasteiger partial charge on any atom is -0.345 e. The molecule has 6 aromatic rings. The van der Waals surface area contributed by atoms with Crippen molar-refractivity contribution in [3.8, 4) is 0 Å². The van der Waals surface area contributed by atoms with Crippen molar-refractivity contribution in [2.24, 2.45) is 17.8 Å². The zero-order valence-electron chi connectivity index (χ0n) is 43.4. The molecule has 6 aliphatic rings. The van der Waals surface area contributed by atoms with Gasteiger partial charge in [0.05, 0.1) is 52.4 Å². The molecule has 3 aromatic heterocycles. The van der Waals surface area contributed by atoms with E-state index in [1.165, 1.54) is 77.2 Å². The van der Waals surface area contributed by atoms with Gasteiger partial charge >= 0.3 is 0 Å². The standard InChI is InChI=1S/C60H71N9O3/c1-8-64(9-2)58(70)41-29-50-47-17-15-38(44-22-27-68(56(44)47)36-53(50)61(5)32-41)20-25-66(11-4)60(72)43-31-51-48-18-16-39(45-23-28-69(57(45)48)37-54(51)63(7)34-43)19-24-65(10-3)59(71)42-30-49-46-14-12-13-40-21-26-67(55(40)46)35-52(49)62(6)33-42/h12-18,21-23,26-31,41-43,52-54H,8-11,19-20,24-25,32-37H2,1-7H3/t41-,42-,43+,52-,53+,54+/m1/s1. The number of carbonyl (C=O) groups excluding carboxylic acids is 3. The zero-order valence-corrected chi connectivity index (χ0v) is 43.4. The molecule has 72 heavy (non-hydrogen) atoms. The van der Waals surface area contributed by atoms with Gasteiger partial charge in [-0.3, -0.25) is 29.1 Å². The highest BCUT2D eigenvalue weighted by atomic mass is 16.2. The highest BCUT2D eigenvalue weighted by Crippen LogP contribution is 2.43. The largest absolute Gasteiger partial charge is 0.345 e. The van der Waals surface area contributed by atoms with Crippen LogP contribution in [0, 0.1) is 17.8 Å². The van der Waals surface area contributed by atoms with Crippen molar-refractivity contribution in [1.82, 2.24) is 43.1 Å². The normalized spacial score (nSPS) is 23.6. The molecular weight excluding hydrogens is 895 g/mol. The van der Waals surface area contributed by atoms with Crippen LogP contribution in [-0.2, 0) is 46.9 Å². The fourth-order valence-electron chi connectivity index (χ4n) is 13.9. The van der Waals surface area contributed by atoms with Crippen LogP contribution in [-0.4, -0.2) is 159 Å². The van der Waals surface area contributed by atoms with E-state index < -0.39 is 0 Å². The van der Waals surface area contributed by atoms with Crippen LogP contribution in [0.2, 0.25) is 0 Å². The first-order chi connectivity index (χ1) is 35.0. The lowest BCUT2D eigenvalue weighted by Crippen LogP contribution is -2.48. The second-order valence-electron chi connectivity index (χ2n) is 21.6. The fraction of sp³-hybridized carbons (Fsp3) is 0.450. The number of hydrogen-bond donors (Lipinski definition) is 0. The minimum atomic E-state index is -0.245. The van der Waals surface area contributed by atoms with Crippen molar-refractivity contribution in [2.75, 3.05) is 80.0 Å². The van der Waals surface area contributed by atoms with Gasteiger partial charge in [-0.1, -0.05) is 60.7 Å². The number of amides is 3. The molecule has 0 radical (unpaired) electrons. The van der Waals surface area contributed by atoms with Gasteiger partial charge in [0.25, 0.3) is 0 Å². The van der Waals surface area contributed by atoms with E-state index >= 15 is 0 Å². The van der Waals surface area contributed by atoms with E-state index in [0.29, 0.717) is 32.7 Å². The van der Waals surface area contributed by atoms with Gasteiger partial charge in [-0.15, -0.1) is 0 Å². The molecular formula is C60H71N9O3. The summed E-state index contributed by atoms with van der Waals surface area (Å²) in [6, 6.07) is 23.0. The van der Waals surface area contributed by atoms with Crippen LogP contribution in [0.4, 0.5) is 0 Å². The molecule has 12 nitrogen and oxygen atoms in total. The molecule has 0 bridgehead atoms. The quantitative estimate of drug-likeness (QED) is 0.119. The summed E-state index contributed by atoms with van der Waals surface area (Å²) in [4.78, 5) is 55.9. The predicted molar refractivity (Wildman–Crippen MR) is 289 cm³/mol. The highest BCUT2D eigenvalue weighted by Gasteiger charge is 2.40. The van der Waals surface area contributed by atoms with E-state index in [9.17, 15) is 14.4 Å². The molecule has 374 valence electrons. The van der Waals surface area contributed by atoms with Crippen LogP contribution in [0.15, 0.2) is 97.5 Å². The van der Waals surface area contributed by atoms with E-state index in [0.717, 1.165) is 58.7 Å². The Kier molecular flexibility index (Phi) is 12.0. The van der Waals surface area contributed by atoms with Crippen LogP contribution in [0.5, 0.6) is 0 Å². The summed E-state index contributed by atoms with van der Waals surface area (Å²) < 4.78 is 7.17. The van der Waals surface area contributed by atoms with Gasteiger partial charge in [-0.05, 0) is 108 Å². The number of carbonyl (C=O) groups is 3. The second kappa shape index (κ2) is 18.4. The Morgan fingerprint density at radius 3 is 1.28 bits per heavy atom. The van der Waals surface area contributed by atoms with Gasteiger partial charge in [0.1, 0.15) is 0 Å². The van der Waals surface area contributed by atoms with E-state index in [4.69, 9.17) is 0 Å². The van der Waals surface area contributed by atoms with Gasteiger partial charge in [-0.2, -0.15) is 0 Å². The Morgan fingerprint density at radius 2 is 0.847 bits per heavy atom. The molecule has 0 fully saturated rings. The number of hydrogen-bond acceptors (Lipinski definition) is 6. The van der Waals surface area contributed by atoms with E-state index in [1.807, 2.05) is 4.90 Å². The van der Waals surface area contributed by atoms with Crippen LogP contribution in [0.3, 0.4) is 0 Å². The van der Waals surface area contributed by atoms with E-state index in [2.05, 4.69) is 185 Å². The Morgan fingerprint density at radius 1 is 0.458 bits per heavy atom. The maximum absolute atomic E-state index is 14.7. The fourth-order valence-corrected chi connectivity index (χ4v) is 13.9. The molecule has 3 amide bonds. The first kappa shape index (κ1) is 46.8. The van der Waals surface area contributed by atoms with Crippen molar-refractivity contribution in [2.45, 2.75) is 78.3 Å². The Bertz CT molecular complexity index is 3250. The Balaban J connectivity index is 0.750. The molecule has 6 atom stereocenters. The molecule has 0 saturated carbocycles. The Hall–Kier alpha value is -6.21. The summed E-state index contributed by atoms with van der Waals surface area (Å²) >= 11 is 0. The average Bonchev–Trinajstić information content (AvgIpc) is 4.15. The van der Waals surface area contributed by atoms with Crippen molar-refractivity contribution in [3.05, 3.63) is 125 Å². The first-order valence-corrected chi connectivity index (χ1v) is 26.9. The molecule has 0 aliphatic carbocycles. The van der Waals surface area contributed by atoms with Gasteiger partial charge in [0, 0.05) is 130 Å². The van der Waals surface area contributed by atoms with Crippen molar-refractivity contribution in [3.63, 3.8) is 0 Å². The molecule has 0 unspecified atom stereocenters. The summed E-state index contributed by atoms with van der Waals surface area (Å²) in [6.45, 7) is 17.2. The van der Waals surface area contributed by atoms with E-state index in [-0.39, 0.29) is 53.6 Å². The van der Waals surface area contributed by atoms with Crippen LogP contribution < -0.4 is 0 Å². The van der Waals surface area contributed by atoms with Gasteiger partial charge in [0.15, 0.2) is 0 Å². The lowest BCUT2D eigenvalue weighted by molar-refractivity contribution is -0.135. The predicted octanol–water partition coefficient (Wildman–Crippen LogP) is 7.58. The average molecular weight is 966 g/mol. The summed E-state index contributed by atoms with van der Waals surface area (Å²) in [7, 11) is 6.51. The number of likely N-dealkylation sites (N-methyl/N-ethyl adjacent to an activating group) is 5. The molecule has 0 saturated heterocycles. The molecule has 12 rings (SSSR count). The first-order valence-electron chi connectivity index (χ1n) is 26.9. The number of aromatic nitrogens is 3. The van der Waals surface area contributed by atoms with Gasteiger partial charge in [-0.25, -0.2) is 0 Å². The second-order valence-corrected chi connectivity index (χ2v) is 21.6. The summed E-state index contributed by atoms with van der Waals surface area (Å²) in [6.07, 6.45) is 15.1. The monoisotopic (exact) mass is 966 g/mol. The smallest absolute Gasteiger partial charge is 0.230 e. The minimum absolute atomic E-state index is 0.152. The topological polar surface area (TPSA) is 85.4 Å². The maximum atomic E-state index is 14.7. The SMILES string of the molecule is CCN(CC)C(=O)[C@@H]1C=C2c3ccc(CCN(CC)C(=O)[C@H]4C=C5c6ccc(CCN(CC)C(=O)[C@@H]7C=C8c9cccc%10ccn(c9%10)C[C@H]8N(C)C7)c7ccn(c67)C[C@@H]5N(C)C4)c4ccn(c34)C[C@@H]2N(C)C1. The third-order valence-electron chi connectivity index (χ3n) is 17.8. The number of fused-ring (bicyclic) bond motifs is 6. The van der Waals surface area contributed by atoms with Crippen molar-refractivity contribution < 1.29 is 14.4 Å². The lowest BCUT2D eigenvalue weighted by atomic mass is 9.84. The van der Waals surface area contributed by atoms with Crippen LogP contribution in [0.1, 0.15) is 55.5 Å². The van der Waals surface area contributed by atoms with Crippen LogP contribution in [0.25, 0.3) is 49.4 Å². The molecule has 0 N–H and O–H groups in total. The molecule has 6 aliphatic heterocycles. The zero-order chi connectivity index (χ0) is 49.7. The van der Waals surface area contributed by atoms with Crippen LogP contribution >= 0.6 is 0 Å². The number of para-hydroxylation sites is 1. The number of rotatable bonds is 13. The molecule has 3 aromatic carbocycles.